The van der Waals surface area contributed by atoms with Crippen LogP contribution in [0.3, 0.4) is 0 Å². The number of carbonyl (C=O) groups excluding carboxylic acids is 2. The summed E-state index contributed by atoms with van der Waals surface area (Å²) in [6, 6.07) is 0. The maximum Gasteiger partial charge on any atom is 0.224 e. The average molecular weight is 296 g/mol. The van der Waals surface area contributed by atoms with E-state index in [0.717, 1.165) is 45.1 Å². The van der Waals surface area contributed by atoms with Crippen LogP contribution in [0.4, 0.5) is 0 Å². The van der Waals surface area contributed by atoms with Gasteiger partial charge >= 0.3 is 0 Å². The monoisotopic (exact) mass is 296 g/mol. The largest absolute Gasteiger partial charge is 0.396 e. The number of nitrogens with zero attached hydrogens (tertiary/aromatic N) is 2. The predicted octanol–water partition coefficient (Wildman–Crippen LogP) is 1.40. The van der Waals surface area contributed by atoms with Crippen LogP contribution >= 0.6 is 0 Å². The molecule has 0 aromatic rings. The van der Waals surface area contributed by atoms with E-state index in [4.69, 9.17) is 0 Å². The molecule has 0 aromatic heterocycles. The van der Waals surface area contributed by atoms with Gasteiger partial charge in [0.25, 0.3) is 0 Å². The van der Waals surface area contributed by atoms with Crippen LogP contribution in [0.25, 0.3) is 0 Å². The number of hydrogen-bond donors (Lipinski definition) is 1. The van der Waals surface area contributed by atoms with Crippen molar-refractivity contribution < 1.29 is 14.7 Å². The van der Waals surface area contributed by atoms with Crippen LogP contribution in [-0.2, 0) is 9.59 Å². The van der Waals surface area contributed by atoms with Crippen molar-refractivity contribution in [2.45, 2.75) is 51.4 Å². The van der Waals surface area contributed by atoms with Gasteiger partial charge in [0.05, 0.1) is 6.61 Å². The lowest BCUT2D eigenvalue weighted by atomic mass is 9.69. The summed E-state index contributed by atoms with van der Waals surface area (Å²) in [5.41, 5.74) is -0.0666. The van der Waals surface area contributed by atoms with E-state index in [1.165, 1.54) is 0 Å². The van der Waals surface area contributed by atoms with Gasteiger partial charge in [-0.25, -0.2) is 0 Å². The third kappa shape index (κ3) is 4.19. The standard InChI is InChI=1S/C16H28N2O3/c1-17(12-16(13-19)8-5-9-16)14(20)7-11-18-10-4-2-3-6-15(18)21/h19H,2-13H2,1H3. The van der Waals surface area contributed by atoms with Gasteiger partial charge in [-0.15, -0.1) is 0 Å². The van der Waals surface area contributed by atoms with Crippen molar-refractivity contribution in [2.24, 2.45) is 5.41 Å². The fourth-order valence-corrected chi connectivity index (χ4v) is 3.33. The Morgan fingerprint density at radius 1 is 1.29 bits per heavy atom. The van der Waals surface area contributed by atoms with Crippen molar-refractivity contribution in [1.82, 2.24) is 9.80 Å². The molecule has 0 spiro atoms. The molecule has 2 fully saturated rings. The SMILES string of the molecule is CN(CC1(CO)CCC1)C(=O)CCN1CCCCCC1=O. The molecule has 0 atom stereocenters. The molecule has 0 radical (unpaired) electrons. The van der Waals surface area contributed by atoms with Crippen LogP contribution in [-0.4, -0.2) is 60.0 Å². The molecule has 120 valence electrons. The minimum Gasteiger partial charge on any atom is -0.396 e. The van der Waals surface area contributed by atoms with Gasteiger partial charge in [-0.05, 0) is 25.7 Å². The van der Waals surface area contributed by atoms with Crippen molar-refractivity contribution in [3.63, 3.8) is 0 Å². The zero-order valence-electron chi connectivity index (χ0n) is 13.1. The molecular formula is C16H28N2O3. The summed E-state index contributed by atoms with van der Waals surface area (Å²) in [7, 11) is 1.81. The lowest BCUT2D eigenvalue weighted by Gasteiger charge is -2.43. The summed E-state index contributed by atoms with van der Waals surface area (Å²) in [4.78, 5) is 27.7. The average Bonchev–Trinajstić information content (AvgIpc) is 2.64. The number of carbonyl (C=O) groups is 2. The van der Waals surface area contributed by atoms with Gasteiger partial charge in [0.2, 0.25) is 11.8 Å². The first kappa shape index (κ1) is 16.3. The van der Waals surface area contributed by atoms with Crippen LogP contribution in [0.1, 0.15) is 51.4 Å². The molecule has 1 aliphatic carbocycles. The maximum absolute atomic E-state index is 12.2. The zero-order valence-corrected chi connectivity index (χ0v) is 13.1. The number of hydrogen-bond acceptors (Lipinski definition) is 3. The molecule has 2 amide bonds. The summed E-state index contributed by atoms with van der Waals surface area (Å²) in [5.74, 6) is 0.264. The lowest BCUT2D eigenvalue weighted by molar-refractivity contribution is -0.135. The summed E-state index contributed by atoms with van der Waals surface area (Å²) < 4.78 is 0. The molecule has 1 saturated carbocycles. The Morgan fingerprint density at radius 3 is 2.67 bits per heavy atom. The number of aliphatic hydroxyl groups is 1. The molecular weight excluding hydrogens is 268 g/mol. The molecule has 2 rings (SSSR count). The van der Waals surface area contributed by atoms with Gasteiger partial charge in [0, 0.05) is 44.9 Å². The fraction of sp³-hybridized carbons (Fsp3) is 0.875. The number of rotatable bonds is 6. The second-order valence-corrected chi connectivity index (χ2v) is 6.70. The molecule has 1 N–H and O–H groups in total. The molecule has 0 unspecified atom stereocenters. The van der Waals surface area contributed by atoms with E-state index in [9.17, 15) is 14.7 Å². The minimum atomic E-state index is -0.0666. The van der Waals surface area contributed by atoms with Gasteiger partial charge in [-0.2, -0.15) is 0 Å². The first-order chi connectivity index (χ1) is 10.1. The van der Waals surface area contributed by atoms with Crippen molar-refractivity contribution >= 4 is 11.8 Å². The molecule has 0 bridgehead atoms. The van der Waals surface area contributed by atoms with Crippen LogP contribution in [0.2, 0.25) is 0 Å². The smallest absolute Gasteiger partial charge is 0.224 e. The molecule has 5 heteroatoms. The second kappa shape index (κ2) is 7.25. The maximum atomic E-state index is 12.2. The van der Waals surface area contributed by atoms with Crippen molar-refractivity contribution in [3.05, 3.63) is 0 Å². The van der Waals surface area contributed by atoms with Crippen molar-refractivity contribution in [3.8, 4) is 0 Å². The normalized spacial score (nSPS) is 21.6. The van der Waals surface area contributed by atoms with Gasteiger partial charge in [-0.1, -0.05) is 12.8 Å². The molecule has 5 nitrogen and oxygen atoms in total. The number of aliphatic hydroxyl groups excluding tert-OH is 1. The highest BCUT2D eigenvalue weighted by Crippen LogP contribution is 2.40. The molecule has 1 aliphatic heterocycles. The fourth-order valence-electron chi connectivity index (χ4n) is 3.33. The molecule has 2 aliphatic rings. The van der Waals surface area contributed by atoms with E-state index in [2.05, 4.69) is 0 Å². The summed E-state index contributed by atoms with van der Waals surface area (Å²) >= 11 is 0. The van der Waals surface area contributed by atoms with Crippen LogP contribution in [0.15, 0.2) is 0 Å². The van der Waals surface area contributed by atoms with E-state index in [1.54, 1.807) is 4.90 Å². The zero-order chi connectivity index (χ0) is 15.3. The highest BCUT2D eigenvalue weighted by atomic mass is 16.3. The Bertz CT molecular complexity index is 374. The van der Waals surface area contributed by atoms with E-state index in [0.29, 0.717) is 25.9 Å². The second-order valence-electron chi connectivity index (χ2n) is 6.70. The van der Waals surface area contributed by atoms with Gasteiger partial charge in [-0.3, -0.25) is 9.59 Å². The topological polar surface area (TPSA) is 60.9 Å². The Labute approximate surface area is 127 Å². The minimum absolute atomic E-state index is 0.0666. The lowest BCUT2D eigenvalue weighted by Crippen LogP contribution is -2.46. The highest BCUT2D eigenvalue weighted by molar-refractivity contribution is 5.79. The Kier molecular flexibility index (Phi) is 5.62. The Hall–Kier alpha value is -1.10. The Morgan fingerprint density at radius 2 is 2.05 bits per heavy atom. The van der Waals surface area contributed by atoms with Crippen LogP contribution < -0.4 is 0 Å². The van der Waals surface area contributed by atoms with Gasteiger partial charge in [0.1, 0.15) is 0 Å². The molecule has 0 aromatic carbocycles. The summed E-state index contributed by atoms with van der Waals surface area (Å²) in [6.45, 7) is 2.12. The van der Waals surface area contributed by atoms with Gasteiger partial charge < -0.3 is 14.9 Å². The highest BCUT2D eigenvalue weighted by Gasteiger charge is 2.38. The van der Waals surface area contributed by atoms with Crippen molar-refractivity contribution in [2.75, 3.05) is 33.3 Å². The van der Waals surface area contributed by atoms with Crippen LogP contribution in [0, 0.1) is 5.41 Å². The first-order valence-electron chi connectivity index (χ1n) is 8.19. The number of amides is 2. The third-order valence-electron chi connectivity index (χ3n) is 5.01. The van der Waals surface area contributed by atoms with E-state index in [1.807, 2.05) is 11.9 Å². The summed E-state index contributed by atoms with van der Waals surface area (Å²) in [5, 5.41) is 9.48. The van der Waals surface area contributed by atoms with Crippen molar-refractivity contribution in [1.29, 1.82) is 0 Å². The van der Waals surface area contributed by atoms with E-state index >= 15 is 0 Å². The third-order valence-corrected chi connectivity index (χ3v) is 5.01. The predicted molar refractivity (Wildman–Crippen MR) is 80.7 cm³/mol. The quantitative estimate of drug-likeness (QED) is 0.806. The Balaban J connectivity index is 1.76. The van der Waals surface area contributed by atoms with E-state index in [-0.39, 0.29) is 23.8 Å². The molecule has 1 saturated heterocycles. The van der Waals surface area contributed by atoms with E-state index < -0.39 is 0 Å². The number of likely N-dealkylation sites (tertiary alicyclic amines) is 1. The summed E-state index contributed by atoms with van der Waals surface area (Å²) in [6.07, 6.45) is 7.30. The van der Waals surface area contributed by atoms with Gasteiger partial charge in [0.15, 0.2) is 0 Å². The van der Waals surface area contributed by atoms with Crippen LogP contribution in [0.5, 0.6) is 0 Å². The molecule has 21 heavy (non-hydrogen) atoms. The first-order valence-corrected chi connectivity index (χ1v) is 8.19. The molecule has 1 heterocycles.